The van der Waals surface area contributed by atoms with Crippen LogP contribution in [0.5, 0.6) is 0 Å². The Labute approximate surface area is 112 Å². The average molecular weight is 268 g/mol. The molecule has 1 fully saturated rings. The second-order valence-electron chi connectivity index (χ2n) is 4.66. The van der Waals surface area contributed by atoms with Crippen molar-refractivity contribution in [3.8, 4) is 0 Å². The molecule has 2 atom stereocenters. The van der Waals surface area contributed by atoms with E-state index in [0.717, 1.165) is 16.7 Å². The van der Waals surface area contributed by atoms with Gasteiger partial charge in [-0.3, -0.25) is 4.79 Å². The molecular formula is C13H20N2O2S. The summed E-state index contributed by atoms with van der Waals surface area (Å²) >= 11 is 1.99. The van der Waals surface area contributed by atoms with Gasteiger partial charge in [0.2, 0.25) is 0 Å². The van der Waals surface area contributed by atoms with Crippen LogP contribution in [0.25, 0.3) is 0 Å². The first-order chi connectivity index (χ1) is 8.69. The van der Waals surface area contributed by atoms with Crippen LogP contribution in [0.3, 0.4) is 0 Å². The van der Waals surface area contributed by atoms with Crippen molar-refractivity contribution in [2.75, 3.05) is 24.8 Å². The van der Waals surface area contributed by atoms with Crippen LogP contribution in [-0.2, 0) is 11.3 Å². The van der Waals surface area contributed by atoms with Gasteiger partial charge in [-0.2, -0.15) is 11.8 Å². The summed E-state index contributed by atoms with van der Waals surface area (Å²) in [6, 6.07) is 3.99. The monoisotopic (exact) mass is 268 g/mol. The molecule has 0 aromatic carbocycles. The van der Waals surface area contributed by atoms with Crippen molar-refractivity contribution in [2.45, 2.75) is 31.2 Å². The zero-order valence-electron chi connectivity index (χ0n) is 10.9. The summed E-state index contributed by atoms with van der Waals surface area (Å²) in [6.07, 6.45) is 3.07. The molecule has 100 valence electrons. The number of hydrogen-bond acceptors (Lipinski definition) is 4. The van der Waals surface area contributed by atoms with Gasteiger partial charge in [0.05, 0.1) is 12.3 Å². The molecule has 1 aromatic heterocycles. The van der Waals surface area contributed by atoms with Gasteiger partial charge in [0.1, 0.15) is 0 Å². The molecule has 2 rings (SSSR count). The lowest BCUT2D eigenvalue weighted by molar-refractivity contribution is 0.186. The molecule has 2 unspecified atom stereocenters. The highest BCUT2D eigenvalue weighted by atomic mass is 32.2. The molecule has 1 aliphatic heterocycles. The van der Waals surface area contributed by atoms with E-state index in [-0.39, 0.29) is 5.56 Å². The summed E-state index contributed by atoms with van der Waals surface area (Å²) in [7, 11) is 1.64. The Hall–Kier alpha value is -0.940. The highest BCUT2D eigenvalue weighted by molar-refractivity contribution is 8.00. The van der Waals surface area contributed by atoms with Gasteiger partial charge in [-0.1, -0.05) is 6.92 Å². The van der Waals surface area contributed by atoms with Crippen molar-refractivity contribution in [1.29, 1.82) is 0 Å². The SMILES string of the molecule is COCCn1cc(NC2CSC(C)C2)ccc1=O. The van der Waals surface area contributed by atoms with Crippen LogP contribution in [0.2, 0.25) is 0 Å². The van der Waals surface area contributed by atoms with Gasteiger partial charge in [-0.15, -0.1) is 0 Å². The first kappa shape index (κ1) is 13.5. The first-order valence-corrected chi connectivity index (χ1v) is 7.31. The molecule has 0 spiro atoms. The molecular weight excluding hydrogens is 248 g/mol. The summed E-state index contributed by atoms with van der Waals surface area (Å²) in [5.41, 5.74) is 1.04. The van der Waals surface area contributed by atoms with E-state index in [2.05, 4.69) is 12.2 Å². The number of nitrogens with zero attached hydrogens (tertiary/aromatic N) is 1. The smallest absolute Gasteiger partial charge is 0.250 e. The third kappa shape index (κ3) is 3.53. The second-order valence-corrected chi connectivity index (χ2v) is 6.13. The number of aromatic nitrogens is 1. The van der Waals surface area contributed by atoms with Gasteiger partial charge in [0.25, 0.3) is 5.56 Å². The van der Waals surface area contributed by atoms with Crippen molar-refractivity contribution in [1.82, 2.24) is 4.57 Å². The largest absolute Gasteiger partial charge is 0.383 e. The lowest BCUT2D eigenvalue weighted by atomic mass is 10.2. The fourth-order valence-corrected chi connectivity index (χ4v) is 3.28. The van der Waals surface area contributed by atoms with Crippen LogP contribution >= 0.6 is 11.8 Å². The molecule has 0 aliphatic carbocycles. The number of hydrogen-bond donors (Lipinski definition) is 1. The van der Waals surface area contributed by atoms with Crippen LogP contribution < -0.4 is 10.9 Å². The van der Waals surface area contributed by atoms with E-state index in [1.165, 1.54) is 6.42 Å². The van der Waals surface area contributed by atoms with Crippen molar-refractivity contribution < 1.29 is 4.74 Å². The second kappa shape index (κ2) is 6.29. The number of anilines is 1. The quantitative estimate of drug-likeness (QED) is 0.884. The summed E-state index contributed by atoms with van der Waals surface area (Å²) in [6.45, 7) is 3.41. The Morgan fingerprint density at radius 2 is 2.39 bits per heavy atom. The number of pyridine rings is 1. The Kier molecular flexibility index (Phi) is 4.72. The molecule has 1 aromatic rings. The summed E-state index contributed by atoms with van der Waals surface area (Å²) < 4.78 is 6.70. The highest BCUT2D eigenvalue weighted by Crippen LogP contribution is 2.27. The number of rotatable bonds is 5. The topological polar surface area (TPSA) is 43.3 Å². The lowest BCUT2D eigenvalue weighted by Gasteiger charge is -2.14. The van der Waals surface area contributed by atoms with E-state index in [9.17, 15) is 4.79 Å². The summed E-state index contributed by atoms with van der Waals surface area (Å²) in [5, 5.41) is 4.22. The predicted molar refractivity (Wildman–Crippen MR) is 76.5 cm³/mol. The predicted octanol–water partition coefficient (Wildman–Crippen LogP) is 1.80. The van der Waals surface area contributed by atoms with Gasteiger partial charge in [-0.25, -0.2) is 0 Å². The van der Waals surface area contributed by atoms with Crippen LogP contribution in [0.4, 0.5) is 5.69 Å². The molecule has 0 amide bonds. The zero-order chi connectivity index (χ0) is 13.0. The minimum Gasteiger partial charge on any atom is -0.383 e. The van der Waals surface area contributed by atoms with E-state index in [0.29, 0.717) is 19.2 Å². The maximum Gasteiger partial charge on any atom is 0.250 e. The molecule has 18 heavy (non-hydrogen) atoms. The molecule has 1 N–H and O–H groups in total. The number of nitrogens with one attached hydrogen (secondary N) is 1. The van der Waals surface area contributed by atoms with E-state index in [1.807, 2.05) is 24.0 Å². The molecule has 1 aliphatic rings. The third-order valence-electron chi connectivity index (χ3n) is 3.09. The van der Waals surface area contributed by atoms with Gasteiger partial charge < -0.3 is 14.6 Å². The normalized spacial score (nSPS) is 23.2. The van der Waals surface area contributed by atoms with Gasteiger partial charge >= 0.3 is 0 Å². The van der Waals surface area contributed by atoms with Crippen molar-refractivity contribution in [3.63, 3.8) is 0 Å². The highest BCUT2D eigenvalue weighted by Gasteiger charge is 2.21. The molecule has 2 heterocycles. The summed E-state index contributed by atoms with van der Waals surface area (Å²) in [4.78, 5) is 11.6. The van der Waals surface area contributed by atoms with Gasteiger partial charge in [0.15, 0.2) is 0 Å². The Balaban J connectivity index is 2.02. The molecule has 1 saturated heterocycles. The molecule has 0 bridgehead atoms. The minimum atomic E-state index is 0.0202. The molecule has 4 nitrogen and oxygen atoms in total. The first-order valence-electron chi connectivity index (χ1n) is 6.26. The number of methoxy groups -OCH3 is 1. The zero-order valence-corrected chi connectivity index (χ0v) is 11.7. The van der Waals surface area contributed by atoms with Crippen molar-refractivity contribution in [2.24, 2.45) is 0 Å². The third-order valence-corrected chi connectivity index (χ3v) is 4.45. The van der Waals surface area contributed by atoms with Gasteiger partial charge in [0, 0.05) is 43.0 Å². The minimum absolute atomic E-state index is 0.0202. The van der Waals surface area contributed by atoms with E-state index < -0.39 is 0 Å². The number of thioether (sulfide) groups is 1. The van der Waals surface area contributed by atoms with Crippen molar-refractivity contribution in [3.05, 3.63) is 28.7 Å². The maximum absolute atomic E-state index is 11.6. The molecule has 0 saturated carbocycles. The fourth-order valence-electron chi connectivity index (χ4n) is 2.13. The Morgan fingerprint density at radius 1 is 1.56 bits per heavy atom. The lowest BCUT2D eigenvalue weighted by Crippen LogP contribution is -2.24. The standard InChI is InChI=1S/C13H20N2O2S/c1-10-7-12(9-18-10)14-11-3-4-13(16)15(8-11)5-6-17-2/h3-4,8,10,12,14H,5-7,9H2,1-2H3. The van der Waals surface area contributed by atoms with Crippen LogP contribution in [0.15, 0.2) is 23.1 Å². The van der Waals surface area contributed by atoms with Crippen LogP contribution in [0, 0.1) is 0 Å². The maximum atomic E-state index is 11.6. The van der Waals surface area contributed by atoms with E-state index >= 15 is 0 Å². The summed E-state index contributed by atoms with van der Waals surface area (Å²) in [5.74, 6) is 1.14. The molecule has 5 heteroatoms. The Bertz CT molecular complexity index is 447. The average Bonchev–Trinajstić information content (AvgIpc) is 2.75. The fraction of sp³-hybridized carbons (Fsp3) is 0.615. The number of ether oxygens (including phenoxy) is 1. The Morgan fingerprint density at radius 3 is 3.06 bits per heavy atom. The van der Waals surface area contributed by atoms with Gasteiger partial charge in [-0.05, 0) is 12.5 Å². The van der Waals surface area contributed by atoms with E-state index in [4.69, 9.17) is 4.74 Å². The molecule has 0 radical (unpaired) electrons. The van der Waals surface area contributed by atoms with Crippen molar-refractivity contribution >= 4 is 17.4 Å². The van der Waals surface area contributed by atoms with E-state index in [1.54, 1.807) is 17.7 Å². The van der Waals surface area contributed by atoms with Crippen LogP contribution in [-0.4, -0.2) is 35.3 Å². The van der Waals surface area contributed by atoms with Crippen LogP contribution in [0.1, 0.15) is 13.3 Å².